The minimum absolute atomic E-state index is 0.158. The Labute approximate surface area is 120 Å². The Morgan fingerprint density at radius 1 is 0.947 bits per heavy atom. The van der Waals surface area contributed by atoms with Crippen LogP contribution in [0.3, 0.4) is 0 Å². The molecular formula is C14H15BrN2O2. The number of rotatable bonds is 2. The maximum absolute atomic E-state index is 11.8. The SMILES string of the molecule is O=C1CCCN1c1ccc(Br)c(N2CCCC2=O)c1. The van der Waals surface area contributed by atoms with Gasteiger partial charge in [0.15, 0.2) is 0 Å². The van der Waals surface area contributed by atoms with Crippen LogP contribution in [0.1, 0.15) is 25.7 Å². The summed E-state index contributed by atoms with van der Waals surface area (Å²) in [5.74, 6) is 0.326. The lowest BCUT2D eigenvalue weighted by Gasteiger charge is -2.22. The summed E-state index contributed by atoms with van der Waals surface area (Å²) >= 11 is 3.49. The van der Waals surface area contributed by atoms with Gasteiger partial charge < -0.3 is 9.80 Å². The molecular weight excluding hydrogens is 308 g/mol. The molecule has 0 saturated carbocycles. The van der Waals surface area contributed by atoms with E-state index in [-0.39, 0.29) is 11.8 Å². The summed E-state index contributed by atoms with van der Waals surface area (Å²) in [5, 5.41) is 0. The number of carbonyl (C=O) groups is 2. The Morgan fingerprint density at radius 3 is 2.16 bits per heavy atom. The van der Waals surface area contributed by atoms with E-state index in [2.05, 4.69) is 15.9 Å². The normalized spacial score (nSPS) is 19.6. The second-order valence-corrected chi connectivity index (χ2v) is 5.79. The van der Waals surface area contributed by atoms with E-state index < -0.39 is 0 Å². The zero-order chi connectivity index (χ0) is 13.4. The summed E-state index contributed by atoms with van der Waals surface area (Å²) in [7, 11) is 0. The van der Waals surface area contributed by atoms with Crippen LogP contribution in [0.4, 0.5) is 11.4 Å². The highest BCUT2D eigenvalue weighted by Gasteiger charge is 2.26. The molecule has 1 aromatic rings. The molecule has 5 heteroatoms. The molecule has 0 radical (unpaired) electrons. The van der Waals surface area contributed by atoms with E-state index in [1.54, 1.807) is 9.80 Å². The van der Waals surface area contributed by atoms with Gasteiger partial charge in [-0.1, -0.05) is 0 Å². The van der Waals surface area contributed by atoms with E-state index in [0.29, 0.717) is 12.8 Å². The fourth-order valence-electron chi connectivity index (χ4n) is 2.70. The number of carbonyl (C=O) groups excluding carboxylic acids is 2. The van der Waals surface area contributed by atoms with Gasteiger partial charge in [-0.25, -0.2) is 0 Å². The van der Waals surface area contributed by atoms with Gasteiger partial charge in [0.05, 0.1) is 5.69 Å². The van der Waals surface area contributed by atoms with Gasteiger partial charge in [0.25, 0.3) is 0 Å². The van der Waals surface area contributed by atoms with E-state index in [9.17, 15) is 9.59 Å². The molecule has 2 saturated heterocycles. The van der Waals surface area contributed by atoms with E-state index in [1.165, 1.54) is 0 Å². The first kappa shape index (κ1) is 12.7. The van der Waals surface area contributed by atoms with Gasteiger partial charge in [0, 0.05) is 36.1 Å². The average Bonchev–Trinajstić information content (AvgIpc) is 2.99. The van der Waals surface area contributed by atoms with Crippen LogP contribution >= 0.6 is 15.9 Å². The summed E-state index contributed by atoms with van der Waals surface area (Å²) < 4.78 is 0.901. The monoisotopic (exact) mass is 322 g/mol. The molecule has 1 aromatic carbocycles. The summed E-state index contributed by atoms with van der Waals surface area (Å²) in [4.78, 5) is 27.2. The van der Waals surface area contributed by atoms with Gasteiger partial charge in [-0.05, 0) is 47.0 Å². The van der Waals surface area contributed by atoms with Crippen LogP contribution in [0.5, 0.6) is 0 Å². The Kier molecular flexibility index (Phi) is 3.31. The van der Waals surface area contributed by atoms with Crippen molar-refractivity contribution in [3.63, 3.8) is 0 Å². The van der Waals surface area contributed by atoms with E-state index in [4.69, 9.17) is 0 Å². The molecule has 0 spiro atoms. The molecule has 0 unspecified atom stereocenters. The van der Waals surface area contributed by atoms with Crippen molar-refractivity contribution in [1.82, 2.24) is 0 Å². The molecule has 2 amide bonds. The second-order valence-electron chi connectivity index (χ2n) is 4.93. The quantitative estimate of drug-likeness (QED) is 0.840. The highest BCUT2D eigenvalue weighted by Crippen LogP contribution is 2.34. The molecule has 0 atom stereocenters. The second kappa shape index (κ2) is 4.96. The third-order valence-electron chi connectivity index (χ3n) is 3.68. The van der Waals surface area contributed by atoms with Gasteiger partial charge >= 0.3 is 0 Å². The zero-order valence-corrected chi connectivity index (χ0v) is 12.1. The van der Waals surface area contributed by atoms with Crippen LogP contribution in [0.2, 0.25) is 0 Å². The lowest BCUT2D eigenvalue weighted by molar-refractivity contribution is -0.117. The number of hydrogen-bond donors (Lipinski definition) is 0. The number of hydrogen-bond acceptors (Lipinski definition) is 2. The first-order valence-corrected chi connectivity index (χ1v) is 7.36. The number of anilines is 2. The third-order valence-corrected chi connectivity index (χ3v) is 4.35. The van der Waals surface area contributed by atoms with Crippen molar-refractivity contribution in [2.45, 2.75) is 25.7 Å². The van der Waals surface area contributed by atoms with E-state index in [0.717, 1.165) is 41.8 Å². The topological polar surface area (TPSA) is 40.6 Å². The summed E-state index contributed by atoms with van der Waals surface area (Å²) in [6.07, 6.45) is 3.04. The van der Waals surface area contributed by atoms with Crippen molar-refractivity contribution < 1.29 is 9.59 Å². The maximum atomic E-state index is 11.8. The maximum Gasteiger partial charge on any atom is 0.227 e. The van der Waals surface area contributed by atoms with Crippen molar-refractivity contribution in [3.8, 4) is 0 Å². The predicted molar refractivity (Wildman–Crippen MR) is 77.3 cm³/mol. The van der Waals surface area contributed by atoms with Gasteiger partial charge in [0.2, 0.25) is 11.8 Å². The van der Waals surface area contributed by atoms with Crippen molar-refractivity contribution in [3.05, 3.63) is 22.7 Å². The number of nitrogens with zero attached hydrogens (tertiary/aromatic N) is 2. The van der Waals surface area contributed by atoms with Crippen molar-refractivity contribution in [1.29, 1.82) is 0 Å². The molecule has 2 aliphatic heterocycles. The van der Waals surface area contributed by atoms with Crippen molar-refractivity contribution in [2.75, 3.05) is 22.9 Å². The molecule has 4 nitrogen and oxygen atoms in total. The summed E-state index contributed by atoms with van der Waals surface area (Å²) in [5.41, 5.74) is 1.76. The van der Waals surface area contributed by atoms with Crippen LogP contribution in [0.25, 0.3) is 0 Å². The van der Waals surface area contributed by atoms with Crippen LogP contribution < -0.4 is 9.80 Å². The number of amides is 2. The molecule has 0 bridgehead atoms. The lowest BCUT2D eigenvalue weighted by atomic mass is 10.2. The number of halogens is 1. The molecule has 0 N–H and O–H groups in total. The smallest absolute Gasteiger partial charge is 0.227 e. The van der Waals surface area contributed by atoms with Crippen LogP contribution in [0.15, 0.2) is 22.7 Å². The molecule has 2 fully saturated rings. The minimum atomic E-state index is 0.158. The Bertz CT molecular complexity index is 544. The summed E-state index contributed by atoms with van der Waals surface area (Å²) in [6.45, 7) is 1.53. The fourth-order valence-corrected chi connectivity index (χ4v) is 3.16. The molecule has 100 valence electrons. The molecule has 3 rings (SSSR count). The van der Waals surface area contributed by atoms with Crippen LogP contribution in [-0.2, 0) is 9.59 Å². The molecule has 0 aromatic heterocycles. The van der Waals surface area contributed by atoms with E-state index in [1.807, 2.05) is 18.2 Å². The van der Waals surface area contributed by atoms with E-state index >= 15 is 0 Å². The first-order valence-electron chi connectivity index (χ1n) is 6.57. The summed E-state index contributed by atoms with van der Waals surface area (Å²) in [6, 6.07) is 5.79. The fraction of sp³-hybridized carbons (Fsp3) is 0.429. The minimum Gasteiger partial charge on any atom is -0.312 e. The van der Waals surface area contributed by atoms with Crippen LogP contribution in [-0.4, -0.2) is 24.9 Å². The standard InChI is InChI=1S/C14H15BrN2O2/c15-11-6-5-10(16-7-1-3-13(16)18)9-12(11)17-8-2-4-14(17)19/h5-6,9H,1-4,7-8H2. The lowest BCUT2D eigenvalue weighted by Crippen LogP contribution is -2.26. The Morgan fingerprint density at radius 2 is 1.58 bits per heavy atom. The molecule has 19 heavy (non-hydrogen) atoms. The zero-order valence-electron chi connectivity index (χ0n) is 10.6. The Hall–Kier alpha value is -1.36. The number of benzene rings is 1. The first-order chi connectivity index (χ1) is 9.16. The van der Waals surface area contributed by atoms with Gasteiger partial charge in [-0.15, -0.1) is 0 Å². The van der Waals surface area contributed by atoms with Crippen LogP contribution in [0, 0.1) is 0 Å². The van der Waals surface area contributed by atoms with Gasteiger partial charge in [0.1, 0.15) is 0 Å². The molecule has 2 heterocycles. The highest BCUT2D eigenvalue weighted by molar-refractivity contribution is 9.10. The van der Waals surface area contributed by atoms with Gasteiger partial charge in [-0.2, -0.15) is 0 Å². The van der Waals surface area contributed by atoms with Gasteiger partial charge in [-0.3, -0.25) is 9.59 Å². The largest absolute Gasteiger partial charge is 0.312 e. The van der Waals surface area contributed by atoms with Crippen molar-refractivity contribution in [2.24, 2.45) is 0 Å². The predicted octanol–water partition coefficient (Wildman–Crippen LogP) is 2.70. The third kappa shape index (κ3) is 2.27. The molecule has 0 aliphatic carbocycles. The highest BCUT2D eigenvalue weighted by atomic mass is 79.9. The Balaban J connectivity index is 1.96. The average molecular weight is 323 g/mol. The van der Waals surface area contributed by atoms with Crippen molar-refractivity contribution >= 4 is 39.1 Å². The molecule has 2 aliphatic rings.